The molecule has 0 spiro atoms. The number of fused-ring (bicyclic) bond motifs is 1. The molecule has 2 rings (SSSR count). The summed E-state index contributed by atoms with van der Waals surface area (Å²) in [6.45, 7) is 5.21. The fourth-order valence-electron chi connectivity index (χ4n) is 2.55. The lowest BCUT2D eigenvalue weighted by Gasteiger charge is -2.32. The van der Waals surface area contributed by atoms with Crippen molar-refractivity contribution in [3.05, 3.63) is 12.7 Å². The fourth-order valence-corrected chi connectivity index (χ4v) is 2.55. The molecule has 2 saturated heterocycles. The van der Waals surface area contributed by atoms with Crippen LogP contribution in [0.1, 0.15) is 32.1 Å². The summed E-state index contributed by atoms with van der Waals surface area (Å²) in [5, 5.41) is 0. The summed E-state index contributed by atoms with van der Waals surface area (Å²) >= 11 is 0. The topological polar surface area (TPSA) is 3.24 Å². The quantitative estimate of drug-likeness (QED) is 0.519. The number of hydrogen-bond donors (Lipinski definition) is 0. The normalized spacial score (nSPS) is 38.5. The Kier molecular flexibility index (Phi) is 1.99. The van der Waals surface area contributed by atoms with Gasteiger partial charge in [-0.05, 0) is 32.2 Å². The molecule has 2 unspecified atom stereocenters. The minimum atomic E-state index is 0.709. The van der Waals surface area contributed by atoms with Crippen LogP contribution in [0.15, 0.2) is 12.7 Å². The molecule has 0 radical (unpaired) electrons. The highest BCUT2D eigenvalue weighted by Gasteiger charge is 2.32. The van der Waals surface area contributed by atoms with Crippen molar-refractivity contribution in [2.24, 2.45) is 0 Å². The van der Waals surface area contributed by atoms with E-state index in [1.54, 1.807) is 0 Å². The molecule has 0 N–H and O–H groups in total. The van der Waals surface area contributed by atoms with Crippen molar-refractivity contribution in [1.82, 2.24) is 4.90 Å². The molecule has 2 aliphatic rings. The third-order valence-corrected chi connectivity index (χ3v) is 3.17. The van der Waals surface area contributed by atoms with E-state index < -0.39 is 0 Å². The summed E-state index contributed by atoms with van der Waals surface area (Å²) in [5.41, 5.74) is 0. The molecule has 0 amide bonds. The summed E-state index contributed by atoms with van der Waals surface area (Å²) in [4.78, 5) is 2.65. The molecule has 0 saturated carbocycles. The molecular weight excluding hydrogens is 134 g/mol. The van der Waals surface area contributed by atoms with E-state index >= 15 is 0 Å². The van der Waals surface area contributed by atoms with Crippen LogP contribution in [0.25, 0.3) is 0 Å². The maximum atomic E-state index is 3.89. The Morgan fingerprint density at radius 1 is 1.18 bits per heavy atom. The maximum Gasteiger partial charge on any atom is 0.0279 e. The monoisotopic (exact) mass is 151 g/mol. The van der Waals surface area contributed by atoms with Crippen LogP contribution in [0.2, 0.25) is 0 Å². The van der Waals surface area contributed by atoms with Crippen LogP contribution < -0.4 is 0 Å². The molecule has 1 nitrogen and oxygen atoms in total. The summed E-state index contributed by atoms with van der Waals surface area (Å²) in [5.74, 6) is 0. The number of piperidine rings is 1. The molecule has 0 aliphatic carbocycles. The molecule has 0 aromatic heterocycles. The van der Waals surface area contributed by atoms with Gasteiger partial charge in [-0.15, -0.1) is 6.58 Å². The first kappa shape index (κ1) is 7.35. The first-order chi connectivity index (χ1) is 5.42. The maximum absolute atomic E-state index is 3.89. The van der Waals surface area contributed by atoms with Crippen LogP contribution in [0.4, 0.5) is 0 Å². The molecule has 62 valence electrons. The van der Waals surface area contributed by atoms with Gasteiger partial charge in [-0.2, -0.15) is 0 Å². The van der Waals surface area contributed by atoms with Crippen molar-refractivity contribution in [3.8, 4) is 0 Å². The molecule has 2 fully saturated rings. The van der Waals surface area contributed by atoms with E-state index in [-0.39, 0.29) is 0 Å². The summed E-state index contributed by atoms with van der Waals surface area (Å²) in [7, 11) is 0. The van der Waals surface area contributed by atoms with E-state index in [2.05, 4.69) is 17.6 Å². The van der Waals surface area contributed by atoms with Gasteiger partial charge in [0.25, 0.3) is 0 Å². The van der Waals surface area contributed by atoms with Gasteiger partial charge >= 0.3 is 0 Å². The van der Waals surface area contributed by atoms with Crippen molar-refractivity contribution in [2.75, 3.05) is 6.54 Å². The minimum Gasteiger partial charge on any atom is -0.294 e. The lowest BCUT2D eigenvalue weighted by Crippen LogP contribution is -2.38. The van der Waals surface area contributed by atoms with Crippen LogP contribution in [0.3, 0.4) is 0 Å². The number of rotatable bonds is 1. The Balaban J connectivity index is 2.03. The van der Waals surface area contributed by atoms with E-state index in [1.807, 2.05) is 0 Å². The summed E-state index contributed by atoms with van der Waals surface area (Å²) in [6.07, 6.45) is 9.19. The Morgan fingerprint density at radius 2 is 2.09 bits per heavy atom. The number of nitrogens with zero attached hydrogens (tertiary/aromatic N) is 1. The van der Waals surface area contributed by atoms with Crippen LogP contribution in [-0.2, 0) is 0 Å². The highest BCUT2D eigenvalue weighted by atomic mass is 15.2. The highest BCUT2D eigenvalue weighted by Crippen LogP contribution is 2.31. The van der Waals surface area contributed by atoms with Crippen molar-refractivity contribution >= 4 is 0 Å². The van der Waals surface area contributed by atoms with Crippen LogP contribution in [-0.4, -0.2) is 23.5 Å². The van der Waals surface area contributed by atoms with Gasteiger partial charge in [-0.1, -0.05) is 12.5 Å². The first-order valence-electron chi connectivity index (χ1n) is 4.80. The molecule has 0 aromatic rings. The third kappa shape index (κ3) is 1.22. The van der Waals surface area contributed by atoms with E-state index in [1.165, 1.54) is 38.6 Å². The van der Waals surface area contributed by atoms with Crippen molar-refractivity contribution in [2.45, 2.75) is 44.2 Å². The van der Waals surface area contributed by atoms with Crippen molar-refractivity contribution in [1.29, 1.82) is 0 Å². The predicted molar refractivity (Wildman–Crippen MR) is 47.6 cm³/mol. The largest absolute Gasteiger partial charge is 0.294 e. The Morgan fingerprint density at radius 3 is 2.91 bits per heavy atom. The Labute approximate surface area is 69.1 Å². The molecule has 0 aromatic carbocycles. The molecule has 11 heavy (non-hydrogen) atoms. The average Bonchev–Trinajstić information content (AvgIpc) is 2.47. The molecule has 2 atom stereocenters. The van der Waals surface area contributed by atoms with Crippen LogP contribution >= 0.6 is 0 Å². The van der Waals surface area contributed by atoms with Gasteiger partial charge in [0.1, 0.15) is 0 Å². The van der Waals surface area contributed by atoms with Gasteiger partial charge < -0.3 is 0 Å². The van der Waals surface area contributed by atoms with E-state index in [9.17, 15) is 0 Å². The zero-order valence-corrected chi connectivity index (χ0v) is 7.13. The van der Waals surface area contributed by atoms with E-state index in [0.29, 0.717) is 6.04 Å². The third-order valence-electron chi connectivity index (χ3n) is 3.17. The molecule has 1 heteroatoms. The fraction of sp³-hybridized carbons (Fsp3) is 0.800. The first-order valence-corrected chi connectivity index (χ1v) is 4.80. The van der Waals surface area contributed by atoms with Gasteiger partial charge in [0, 0.05) is 12.1 Å². The average molecular weight is 151 g/mol. The van der Waals surface area contributed by atoms with Crippen LogP contribution in [0.5, 0.6) is 0 Å². The lowest BCUT2D eigenvalue weighted by molar-refractivity contribution is 0.170. The van der Waals surface area contributed by atoms with E-state index in [0.717, 1.165) is 6.04 Å². The second-order valence-corrected chi connectivity index (χ2v) is 3.77. The van der Waals surface area contributed by atoms with Gasteiger partial charge in [0.15, 0.2) is 0 Å². The predicted octanol–water partition coefficient (Wildman–Crippen LogP) is 2.19. The standard InChI is InChI=1S/C10H17N/c1-2-9-6-7-10-5-3-4-8-11(9)10/h2,9-10H,1,3-8H2. The second kappa shape index (κ2) is 2.98. The molecular formula is C10H17N. The van der Waals surface area contributed by atoms with Gasteiger partial charge in [-0.3, -0.25) is 4.90 Å². The Bertz CT molecular complexity index is 153. The Hall–Kier alpha value is -0.300. The minimum absolute atomic E-state index is 0.709. The lowest BCUT2D eigenvalue weighted by atomic mass is 10.0. The summed E-state index contributed by atoms with van der Waals surface area (Å²) in [6, 6.07) is 1.62. The SMILES string of the molecule is C=CC1CCC2CCCCN12. The van der Waals surface area contributed by atoms with E-state index in [4.69, 9.17) is 0 Å². The second-order valence-electron chi connectivity index (χ2n) is 3.77. The molecule has 0 bridgehead atoms. The zero-order valence-electron chi connectivity index (χ0n) is 7.13. The van der Waals surface area contributed by atoms with Gasteiger partial charge in [0.05, 0.1) is 0 Å². The van der Waals surface area contributed by atoms with Gasteiger partial charge in [0.2, 0.25) is 0 Å². The molecule has 2 heterocycles. The van der Waals surface area contributed by atoms with Gasteiger partial charge in [-0.25, -0.2) is 0 Å². The number of hydrogen-bond acceptors (Lipinski definition) is 1. The zero-order chi connectivity index (χ0) is 7.68. The highest BCUT2D eigenvalue weighted by molar-refractivity contribution is 4.98. The smallest absolute Gasteiger partial charge is 0.0279 e. The van der Waals surface area contributed by atoms with Crippen molar-refractivity contribution < 1.29 is 0 Å². The van der Waals surface area contributed by atoms with Crippen molar-refractivity contribution in [3.63, 3.8) is 0 Å². The molecule has 2 aliphatic heterocycles. The summed E-state index contributed by atoms with van der Waals surface area (Å²) < 4.78 is 0. The van der Waals surface area contributed by atoms with Crippen LogP contribution in [0, 0.1) is 0 Å².